The Bertz CT molecular complexity index is 836. The second kappa shape index (κ2) is 9.21. The number of para-hydroxylation sites is 2. The van der Waals surface area contributed by atoms with Gasteiger partial charge in [-0.1, -0.05) is 19.1 Å². The van der Waals surface area contributed by atoms with Gasteiger partial charge in [0.15, 0.2) is 0 Å². The number of nitrogens with one attached hydrogen (secondary N) is 3. The Hall–Kier alpha value is -2.58. The lowest BCUT2D eigenvalue weighted by Gasteiger charge is -2.12. The highest BCUT2D eigenvalue weighted by Crippen LogP contribution is 2.26. The van der Waals surface area contributed by atoms with Crippen LogP contribution in [0.1, 0.15) is 17.3 Å². The molecule has 7 nitrogen and oxygen atoms in total. The summed E-state index contributed by atoms with van der Waals surface area (Å²) in [6, 6.07) is 12.5. The summed E-state index contributed by atoms with van der Waals surface area (Å²) in [6.45, 7) is 4.00. The maximum atomic E-state index is 12.5. The first-order valence-electron chi connectivity index (χ1n) is 8.22. The number of hydrogen-bond donors (Lipinski definition) is 3. The van der Waals surface area contributed by atoms with Crippen LogP contribution < -0.4 is 20.1 Å². The zero-order chi connectivity index (χ0) is 19.0. The SMILES string of the molecule is CCNCCNC(=O)c1ccc(S(=O)(=O)Nc2ccccc2OC)cc1. The number of benzene rings is 2. The van der Waals surface area contributed by atoms with Crippen molar-refractivity contribution >= 4 is 21.6 Å². The number of carbonyl (C=O) groups is 1. The van der Waals surface area contributed by atoms with Gasteiger partial charge in [0, 0.05) is 18.7 Å². The quantitative estimate of drug-likeness (QED) is 0.580. The Balaban J connectivity index is 2.07. The van der Waals surface area contributed by atoms with E-state index in [-0.39, 0.29) is 10.8 Å². The minimum absolute atomic E-state index is 0.0626. The molecule has 0 radical (unpaired) electrons. The lowest BCUT2D eigenvalue weighted by atomic mass is 10.2. The Labute approximate surface area is 153 Å². The topological polar surface area (TPSA) is 96.5 Å². The van der Waals surface area contributed by atoms with Crippen molar-refractivity contribution in [3.63, 3.8) is 0 Å². The second-order valence-corrected chi connectivity index (χ2v) is 7.12. The molecule has 8 heteroatoms. The van der Waals surface area contributed by atoms with Crippen molar-refractivity contribution in [3.8, 4) is 5.75 Å². The van der Waals surface area contributed by atoms with Crippen LogP contribution in [0.4, 0.5) is 5.69 Å². The molecule has 0 saturated heterocycles. The van der Waals surface area contributed by atoms with Crippen molar-refractivity contribution in [2.75, 3.05) is 31.5 Å². The average molecular weight is 377 g/mol. The highest BCUT2D eigenvalue weighted by Gasteiger charge is 2.17. The number of rotatable bonds is 9. The molecule has 1 amide bonds. The molecule has 0 spiro atoms. The van der Waals surface area contributed by atoms with Crippen molar-refractivity contribution in [3.05, 3.63) is 54.1 Å². The van der Waals surface area contributed by atoms with Crippen LogP contribution in [-0.2, 0) is 10.0 Å². The molecule has 0 aromatic heterocycles. The number of anilines is 1. The van der Waals surface area contributed by atoms with Crippen LogP contribution in [-0.4, -0.2) is 41.1 Å². The molecule has 0 bridgehead atoms. The predicted molar refractivity (Wildman–Crippen MR) is 101 cm³/mol. The van der Waals surface area contributed by atoms with Crippen LogP contribution in [0.5, 0.6) is 5.75 Å². The molecule has 0 aliphatic rings. The summed E-state index contributed by atoms with van der Waals surface area (Å²) in [5, 5.41) is 5.87. The van der Waals surface area contributed by atoms with Crippen molar-refractivity contribution in [1.29, 1.82) is 0 Å². The van der Waals surface area contributed by atoms with Crippen molar-refractivity contribution in [2.45, 2.75) is 11.8 Å². The molecular weight excluding hydrogens is 354 g/mol. The zero-order valence-corrected chi connectivity index (χ0v) is 15.6. The van der Waals surface area contributed by atoms with E-state index in [1.807, 2.05) is 6.92 Å². The molecule has 0 aliphatic carbocycles. The van der Waals surface area contributed by atoms with Crippen LogP contribution in [0.3, 0.4) is 0 Å². The molecule has 140 valence electrons. The number of methoxy groups -OCH3 is 1. The van der Waals surface area contributed by atoms with Gasteiger partial charge in [-0.05, 0) is 42.9 Å². The monoisotopic (exact) mass is 377 g/mol. The van der Waals surface area contributed by atoms with Gasteiger partial charge < -0.3 is 15.4 Å². The van der Waals surface area contributed by atoms with Gasteiger partial charge in [-0.15, -0.1) is 0 Å². The number of amides is 1. The third kappa shape index (κ3) is 5.21. The van der Waals surface area contributed by atoms with Gasteiger partial charge in [0.05, 0.1) is 17.7 Å². The molecule has 0 saturated carbocycles. The first kappa shape index (κ1) is 19.7. The first-order chi connectivity index (χ1) is 12.5. The Morgan fingerprint density at radius 3 is 2.38 bits per heavy atom. The molecule has 2 rings (SSSR count). The van der Waals surface area contributed by atoms with Gasteiger partial charge in [-0.25, -0.2) is 8.42 Å². The van der Waals surface area contributed by atoms with Gasteiger partial charge >= 0.3 is 0 Å². The van der Waals surface area contributed by atoms with Crippen molar-refractivity contribution in [2.24, 2.45) is 0 Å². The van der Waals surface area contributed by atoms with E-state index in [4.69, 9.17) is 4.74 Å². The number of sulfonamides is 1. The van der Waals surface area contributed by atoms with Gasteiger partial charge in [0.25, 0.3) is 15.9 Å². The maximum Gasteiger partial charge on any atom is 0.262 e. The molecule has 3 N–H and O–H groups in total. The summed E-state index contributed by atoms with van der Waals surface area (Å²) >= 11 is 0. The highest BCUT2D eigenvalue weighted by atomic mass is 32.2. The largest absolute Gasteiger partial charge is 0.495 e. The molecule has 26 heavy (non-hydrogen) atoms. The zero-order valence-electron chi connectivity index (χ0n) is 14.8. The smallest absolute Gasteiger partial charge is 0.262 e. The van der Waals surface area contributed by atoms with Crippen LogP contribution >= 0.6 is 0 Å². The third-order valence-electron chi connectivity index (χ3n) is 3.62. The minimum Gasteiger partial charge on any atom is -0.495 e. The normalized spacial score (nSPS) is 11.0. The average Bonchev–Trinajstić information content (AvgIpc) is 2.65. The minimum atomic E-state index is -3.78. The molecule has 2 aromatic rings. The summed E-state index contributed by atoms with van der Waals surface area (Å²) in [5.41, 5.74) is 0.748. The Kier molecular flexibility index (Phi) is 6.99. The number of carbonyl (C=O) groups excluding carboxylic acids is 1. The van der Waals surface area contributed by atoms with E-state index >= 15 is 0 Å². The number of hydrogen-bond acceptors (Lipinski definition) is 5. The van der Waals surface area contributed by atoms with Crippen LogP contribution in [0.15, 0.2) is 53.4 Å². The summed E-state index contributed by atoms with van der Waals surface area (Å²) in [4.78, 5) is 12.1. The van der Waals surface area contributed by atoms with Crippen molar-refractivity contribution in [1.82, 2.24) is 10.6 Å². The molecule has 0 atom stereocenters. The number of likely N-dealkylation sites (N-methyl/N-ethyl adjacent to an activating group) is 1. The summed E-state index contributed by atoms with van der Waals surface area (Å²) < 4.78 is 32.7. The predicted octanol–water partition coefficient (Wildman–Crippen LogP) is 1.84. The molecular formula is C18H23N3O4S. The van der Waals surface area contributed by atoms with E-state index in [0.29, 0.717) is 30.1 Å². The fourth-order valence-electron chi connectivity index (χ4n) is 2.26. The second-order valence-electron chi connectivity index (χ2n) is 5.44. The summed E-state index contributed by atoms with van der Waals surface area (Å²) in [7, 11) is -2.32. The Morgan fingerprint density at radius 1 is 1.04 bits per heavy atom. The fraction of sp³-hybridized carbons (Fsp3) is 0.278. The Morgan fingerprint density at radius 2 is 1.73 bits per heavy atom. The van der Waals surface area contributed by atoms with E-state index < -0.39 is 10.0 Å². The van der Waals surface area contributed by atoms with Gasteiger partial charge in [0.2, 0.25) is 0 Å². The fourth-order valence-corrected chi connectivity index (χ4v) is 3.33. The lowest BCUT2D eigenvalue weighted by molar-refractivity contribution is 0.0954. The summed E-state index contributed by atoms with van der Waals surface area (Å²) in [6.07, 6.45) is 0. The van der Waals surface area contributed by atoms with E-state index in [1.165, 1.54) is 31.4 Å². The third-order valence-corrected chi connectivity index (χ3v) is 5.00. The number of ether oxygens (including phenoxy) is 1. The molecule has 2 aromatic carbocycles. The standard InChI is InChI=1S/C18H23N3O4S/c1-3-19-12-13-20-18(22)14-8-10-15(11-9-14)26(23,24)21-16-6-4-5-7-17(16)25-2/h4-11,19,21H,3,12-13H2,1-2H3,(H,20,22). The van der Waals surface area contributed by atoms with E-state index in [1.54, 1.807) is 24.3 Å². The van der Waals surface area contributed by atoms with Gasteiger partial charge in [-0.2, -0.15) is 0 Å². The highest BCUT2D eigenvalue weighted by molar-refractivity contribution is 7.92. The summed E-state index contributed by atoms with van der Waals surface area (Å²) in [5.74, 6) is 0.178. The van der Waals surface area contributed by atoms with Crippen LogP contribution in [0.25, 0.3) is 0 Å². The first-order valence-corrected chi connectivity index (χ1v) is 9.71. The van der Waals surface area contributed by atoms with Gasteiger partial charge in [-0.3, -0.25) is 9.52 Å². The van der Waals surface area contributed by atoms with E-state index in [9.17, 15) is 13.2 Å². The molecule has 0 unspecified atom stereocenters. The lowest BCUT2D eigenvalue weighted by Crippen LogP contribution is -2.31. The van der Waals surface area contributed by atoms with Crippen LogP contribution in [0.2, 0.25) is 0 Å². The van der Waals surface area contributed by atoms with E-state index in [0.717, 1.165) is 6.54 Å². The maximum absolute atomic E-state index is 12.5. The van der Waals surface area contributed by atoms with E-state index in [2.05, 4.69) is 15.4 Å². The van der Waals surface area contributed by atoms with Crippen molar-refractivity contribution < 1.29 is 17.9 Å². The molecule has 0 heterocycles. The molecule has 0 aliphatic heterocycles. The van der Waals surface area contributed by atoms with Crippen LogP contribution in [0, 0.1) is 0 Å². The molecule has 0 fully saturated rings. The van der Waals surface area contributed by atoms with Gasteiger partial charge in [0.1, 0.15) is 5.75 Å².